The Labute approximate surface area is 173 Å². The number of hydrogen-bond acceptors (Lipinski definition) is 5. The summed E-state index contributed by atoms with van der Waals surface area (Å²) in [7, 11) is 0. The van der Waals surface area contributed by atoms with Gasteiger partial charge in [0.15, 0.2) is 0 Å². The lowest BCUT2D eigenvalue weighted by atomic mass is 10.2. The van der Waals surface area contributed by atoms with E-state index in [1.807, 2.05) is 0 Å². The second-order valence-corrected chi connectivity index (χ2v) is 8.24. The zero-order valence-corrected chi connectivity index (χ0v) is 17.0. The van der Waals surface area contributed by atoms with Crippen molar-refractivity contribution in [1.82, 2.24) is 9.80 Å². The lowest BCUT2D eigenvalue weighted by Gasteiger charge is -2.37. The average Bonchev–Trinajstić information content (AvgIpc) is 2.98. The van der Waals surface area contributed by atoms with Gasteiger partial charge in [0.05, 0.1) is 11.6 Å². The zero-order chi connectivity index (χ0) is 20.4. The first kappa shape index (κ1) is 19.7. The maximum absolute atomic E-state index is 13.1. The fourth-order valence-electron chi connectivity index (χ4n) is 3.50. The quantitative estimate of drug-likeness (QED) is 0.713. The van der Waals surface area contributed by atoms with Crippen LogP contribution >= 0.6 is 11.8 Å². The number of carbonyl (C=O) groups excluding carboxylic acids is 2. The van der Waals surface area contributed by atoms with E-state index in [-0.39, 0.29) is 17.0 Å². The molecule has 4 rings (SSSR count). The lowest BCUT2D eigenvalue weighted by Crippen LogP contribution is -2.50. The highest BCUT2D eigenvalue weighted by Gasteiger charge is 2.36. The predicted molar refractivity (Wildman–Crippen MR) is 114 cm³/mol. The van der Waals surface area contributed by atoms with Crippen molar-refractivity contribution in [3.8, 4) is 0 Å². The third-order valence-electron chi connectivity index (χ3n) is 5.12. The lowest BCUT2D eigenvalue weighted by molar-refractivity contribution is -0.124. The molecule has 0 saturated carbocycles. The van der Waals surface area contributed by atoms with Crippen LogP contribution in [0.3, 0.4) is 0 Å². The molecule has 150 valence electrons. The van der Waals surface area contributed by atoms with E-state index in [0.717, 1.165) is 37.9 Å². The molecule has 29 heavy (non-hydrogen) atoms. The number of hydrogen-bond donors (Lipinski definition) is 0. The summed E-state index contributed by atoms with van der Waals surface area (Å²) in [5, 5.41) is -0.260. The molecule has 0 radical (unpaired) electrons. The topological polar surface area (TPSA) is 43.9 Å². The van der Waals surface area contributed by atoms with Gasteiger partial charge in [0.1, 0.15) is 5.82 Å². The highest BCUT2D eigenvalue weighted by Crippen LogP contribution is 2.32. The molecule has 7 heteroatoms. The van der Waals surface area contributed by atoms with Crippen LogP contribution in [-0.2, 0) is 4.79 Å². The van der Waals surface area contributed by atoms with Crippen LogP contribution in [-0.4, -0.2) is 53.8 Å². The van der Waals surface area contributed by atoms with Gasteiger partial charge < -0.3 is 4.90 Å². The Bertz CT molecular complexity index is 953. The van der Waals surface area contributed by atoms with Gasteiger partial charge in [-0.3, -0.25) is 19.4 Å². The van der Waals surface area contributed by atoms with Crippen LogP contribution in [0.15, 0.2) is 53.4 Å². The summed E-state index contributed by atoms with van der Waals surface area (Å²) in [5.74, 6) is -0.620. The summed E-state index contributed by atoms with van der Waals surface area (Å²) in [6, 6.07) is 14.3. The van der Waals surface area contributed by atoms with Crippen LogP contribution < -0.4 is 4.90 Å². The standard InChI is InChI=1S/C22H22FN3O2S/c1-16-3-2-4-19(13-16)25-11-9-24(10-12-25)15-26-21(27)20(29-22(26)28)14-17-5-7-18(23)8-6-17/h2-8,13-14H,9-12,15H2,1H3/b20-14+. The van der Waals surface area contributed by atoms with Crippen molar-refractivity contribution in [2.45, 2.75) is 6.92 Å². The predicted octanol–water partition coefficient (Wildman–Crippen LogP) is 3.95. The summed E-state index contributed by atoms with van der Waals surface area (Å²) in [6.07, 6.45) is 1.64. The molecule has 2 aromatic carbocycles. The van der Waals surface area contributed by atoms with Crippen molar-refractivity contribution in [2.24, 2.45) is 0 Å². The molecule has 2 aliphatic rings. The van der Waals surface area contributed by atoms with Crippen LogP contribution in [0.2, 0.25) is 0 Å². The Morgan fingerprint density at radius 1 is 1.03 bits per heavy atom. The highest BCUT2D eigenvalue weighted by molar-refractivity contribution is 8.18. The van der Waals surface area contributed by atoms with Crippen molar-refractivity contribution in [2.75, 3.05) is 37.7 Å². The fourth-order valence-corrected chi connectivity index (χ4v) is 4.34. The number of imide groups is 1. The molecule has 2 heterocycles. The molecule has 0 bridgehead atoms. The molecule has 2 aliphatic heterocycles. The Kier molecular flexibility index (Phi) is 5.69. The molecule has 2 fully saturated rings. The number of piperazine rings is 1. The van der Waals surface area contributed by atoms with E-state index in [2.05, 4.69) is 41.0 Å². The summed E-state index contributed by atoms with van der Waals surface area (Å²) >= 11 is 0.936. The molecule has 2 saturated heterocycles. The summed E-state index contributed by atoms with van der Waals surface area (Å²) < 4.78 is 13.1. The van der Waals surface area contributed by atoms with Gasteiger partial charge in [-0.15, -0.1) is 0 Å². The Morgan fingerprint density at radius 3 is 2.45 bits per heavy atom. The number of rotatable bonds is 4. The van der Waals surface area contributed by atoms with E-state index in [4.69, 9.17) is 0 Å². The number of halogens is 1. The third kappa shape index (κ3) is 4.52. The molecule has 2 aromatic rings. The number of thioether (sulfide) groups is 1. The molecular weight excluding hydrogens is 389 g/mol. The van der Waals surface area contributed by atoms with Crippen LogP contribution in [0.4, 0.5) is 14.9 Å². The normalized spacial score (nSPS) is 19.4. The minimum atomic E-state index is -0.333. The van der Waals surface area contributed by atoms with Gasteiger partial charge in [0, 0.05) is 31.9 Å². The fraction of sp³-hybridized carbons (Fsp3) is 0.273. The van der Waals surface area contributed by atoms with Gasteiger partial charge in [0.25, 0.3) is 11.1 Å². The maximum Gasteiger partial charge on any atom is 0.294 e. The first-order valence-corrected chi connectivity index (χ1v) is 10.4. The minimum absolute atomic E-state index is 0.260. The number of anilines is 1. The van der Waals surface area contributed by atoms with E-state index in [9.17, 15) is 14.0 Å². The summed E-state index contributed by atoms with van der Waals surface area (Å²) in [4.78, 5) is 31.2. The largest absolute Gasteiger partial charge is 0.369 e. The minimum Gasteiger partial charge on any atom is -0.369 e. The molecule has 5 nitrogen and oxygen atoms in total. The second kappa shape index (κ2) is 8.39. The van der Waals surface area contributed by atoms with Crippen molar-refractivity contribution >= 4 is 34.7 Å². The van der Waals surface area contributed by atoms with Crippen molar-refractivity contribution in [3.63, 3.8) is 0 Å². The summed E-state index contributed by atoms with van der Waals surface area (Å²) in [6.45, 7) is 5.65. The van der Waals surface area contributed by atoms with E-state index in [0.29, 0.717) is 17.1 Å². The molecule has 0 spiro atoms. The third-order valence-corrected chi connectivity index (χ3v) is 6.03. The average molecular weight is 412 g/mol. The van der Waals surface area contributed by atoms with Gasteiger partial charge in [-0.1, -0.05) is 24.3 Å². The molecule has 0 aromatic heterocycles. The Balaban J connectivity index is 1.37. The highest BCUT2D eigenvalue weighted by atomic mass is 32.2. The van der Waals surface area contributed by atoms with E-state index >= 15 is 0 Å². The molecule has 2 amide bonds. The monoisotopic (exact) mass is 411 g/mol. The second-order valence-electron chi connectivity index (χ2n) is 7.25. The van der Waals surface area contributed by atoms with Crippen LogP contribution in [0.25, 0.3) is 6.08 Å². The van der Waals surface area contributed by atoms with Crippen molar-refractivity contribution in [1.29, 1.82) is 0 Å². The first-order chi connectivity index (χ1) is 14.0. The van der Waals surface area contributed by atoms with Gasteiger partial charge in [0.2, 0.25) is 0 Å². The molecule has 0 N–H and O–H groups in total. The maximum atomic E-state index is 13.1. The van der Waals surface area contributed by atoms with Gasteiger partial charge >= 0.3 is 0 Å². The van der Waals surface area contributed by atoms with E-state index in [1.165, 1.54) is 28.3 Å². The SMILES string of the molecule is Cc1cccc(N2CCN(CN3C(=O)S/C(=C/c4ccc(F)cc4)C3=O)CC2)c1. The number of amides is 2. The molecule has 0 aliphatic carbocycles. The van der Waals surface area contributed by atoms with Crippen molar-refractivity contribution < 1.29 is 14.0 Å². The van der Waals surface area contributed by atoms with E-state index < -0.39 is 0 Å². The Morgan fingerprint density at radius 2 is 1.76 bits per heavy atom. The molecule has 0 unspecified atom stereocenters. The van der Waals surface area contributed by atoms with Crippen molar-refractivity contribution in [3.05, 3.63) is 70.4 Å². The van der Waals surface area contributed by atoms with Gasteiger partial charge in [-0.2, -0.15) is 0 Å². The van der Waals surface area contributed by atoms with Crippen LogP contribution in [0.1, 0.15) is 11.1 Å². The van der Waals surface area contributed by atoms with Gasteiger partial charge in [-0.25, -0.2) is 4.39 Å². The number of benzene rings is 2. The number of nitrogens with zero attached hydrogens (tertiary/aromatic N) is 3. The number of carbonyl (C=O) groups is 2. The van der Waals surface area contributed by atoms with Crippen LogP contribution in [0, 0.1) is 12.7 Å². The van der Waals surface area contributed by atoms with E-state index in [1.54, 1.807) is 18.2 Å². The Hall–Kier alpha value is -2.64. The van der Waals surface area contributed by atoms with Gasteiger partial charge in [-0.05, 0) is 60.2 Å². The molecular formula is C22H22FN3O2S. The zero-order valence-electron chi connectivity index (χ0n) is 16.2. The van der Waals surface area contributed by atoms with Crippen LogP contribution in [0.5, 0.6) is 0 Å². The number of aryl methyl sites for hydroxylation is 1. The smallest absolute Gasteiger partial charge is 0.294 e. The summed E-state index contributed by atoms with van der Waals surface area (Å²) in [5.41, 5.74) is 3.14. The first-order valence-electron chi connectivity index (χ1n) is 9.54. The molecule has 0 atom stereocenters.